The predicted molar refractivity (Wildman–Crippen MR) is 101 cm³/mol. The van der Waals surface area contributed by atoms with Crippen molar-refractivity contribution in [2.75, 3.05) is 13.1 Å². The lowest BCUT2D eigenvalue weighted by Gasteiger charge is -2.13. The Morgan fingerprint density at radius 1 is 1.22 bits per heavy atom. The summed E-state index contributed by atoms with van der Waals surface area (Å²) < 4.78 is 26.7. The van der Waals surface area contributed by atoms with Crippen LogP contribution in [0.5, 0.6) is 0 Å². The second-order valence-electron chi connectivity index (χ2n) is 5.95. The first-order chi connectivity index (χ1) is 12.8. The molecule has 0 aliphatic carbocycles. The number of non-ortho nitro benzene ring substituents is 1. The predicted octanol–water partition coefficient (Wildman–Crippen LogP) is 3.07. The van der Waals surface area contributed by atoms with E-state index in [1.54, 1.807) is 6.07 Å². The summed E-state index contributed by atoms with van der Waals surface area (Å²) in [5.41, 5.74) is 0.0688. The summed E-state index contributed by atoms with van der Waals surface area (Å²) in [6.45, 7) is 0.926. The van der Waals surface area contributed by atoms with E-state index in [1.807, 2.05) is 0 Å². The minimum absolute atomic E-state index is 0.0885. The maximum absolute atomic E-state index is 12.6. The number of nitro benzene ring substituents is 1. The van der Waals surface area contributed by atoms with Crippen molar-refractivity contribution in [3.05, 3.63) is 57.0 Å². The average molecular weight is 408 g/mol. The van der Waals surface area contributed by atoms with Gasteiger partial charge in [-0.3, -0.25) is 10.1 Å². The fourth-order valence-corrected chi connectivity index (χ4v) is 5.78. The maximum Gasteiger partial charge on any atom is 0.337 e. The second-order valence-corrected chi connectivity index (χ2v) is 9.19. The molecule has 27 heavy (non-hydrogen) atoms. The number of rotatable bonds is 6. The van der Waals surface area contributed by atoms with E-state index in [9.17, 15) is 28.4 Å². The Labute approximate surface area is 159 Å². The van der Waals surface area contributed by atoms with Crippen LogP contribution in [0.2, 0.25) is 0 Å². The molecule has 1 fully saturated rings. The molecule has 2 heterocycles. The van der Waals surface area contributed by atoms with Crippen LogP contribution in [0.1, 0.15) is 23.3 Å². The Hall–Kier alpha value is -2.56. The summed E-state index contributed by atoms with van der Waals surface area (Å²) in [6.07, 6.45) is 2.92. The summed E-state index contributed by atoms with van der Waals surface area (Å²) in [5, 5.41) is 20.4. The zero-order chi connectivity index (χ0) is 19.6. The highest BCUT2D eigenvalue weighted by atomic mass is 32.2. The Kier molecular flexibility index (Phi) is 5.40. The summed E-state index contributed by atoms with van der Waals surface area (Å²) in [5.74, 6) is -1.24. The summed E-state index contributed by atoms with van der Waals surface area (Å²) in [6, 6.07) is 8.43. The normalized spacial score (nSPS) is 15.8. The maximum atomic E-state index is 12.6. The molecule has 1 saturated heterocycles. The minimum atomic E-state index is -3.63. The van der Waals surface area contributed by atoms with Crippen molar-refractivity contribution in [2.45, 2.75) is 17.1 Å². The van der Waals surface area contributed by atoms with Gasteiger partial charge in [-0.2, -0.15) is 4.31 Å². The lowest BCUT2D eigenvalue weighted by Crippen LogP contribution is -2.27. The number of carbonyl (C=O) groups is 1. The van der Waals surface area contributed by atoms with Crippen molar-refractivity contribution in [3.8, 4) is 0 Å². The number of aliphatic carboxylic acids is 1. The SMILES string of the molecule is O=C(O)/C(=C\c1cccc([N+](=O)[O-])c1)c1ccc(S(=O)(=O)N2CCCC2)s1. The topological polar surface area (TPSA) is 118 Å². The summed E-state index contributed by atoms with van der Waals surface area (Å²) >= 11 is 0.880. The smallest absolute Gasteiger partial charge is 0.337 e. The number of nitro groups is 1. The number of carboxylic acid groups (broad SMARTS) is 1. The van der Waals surface area contributed by atoms with Gasteiger partial charge in [-0.05, 0) is 36.6 Å². The van der Waals surface area contributed by atoms with Crippen LogP contribution in [-0.4, -0.2) is 41.8 Å². The number of sulfonamides is 1. The third kappa shape index (κ3) is 4.07. The molecule has 0 atom stereocenters. The highest BCUT2D eigenvalue weighted by Gasteiger charge is 2.29. The van der Waals surface area contributed by atoms with Gasteiger partial charge in [0, 0.05) is 30.1 Å². The molecule has 0 amide bonds. The lowest BCUT2D eigenvalue weighted by molar-refractivity contribution is -0.384. The molecule has 2 aromatic rings. The molecule has 1 aromatic heterocycles. The van der Waals surface area contributed by atoms with Gasteiger partial charge in [0.2, 0.25) is 0 Å². The van der Waals surface area contributed by atoms with Crippen molar-refractivity contribution in [3.63, 3.8) is 0 Å². The van der Waals surface area contributed by atoms with Gasteiger partial charge in [0.1, 0.15) is 4.21 Å². The van der Waals surface area contributed by atoms with E-state index in [0.717, 1.165) is 24.2 Å². The fourth-order valence-electron chi connectivity index (χ4n) is 2.79. The molecule has 10 heteroatoms. The van der Waals surface area contributed by atoms with Crippen LogP contribution in [0.3, 0.4) is 0 Å². The van der Waals surface area contributed by atoms with Crippen LogP contribution in [0.4, 0.5) is 5.69 Å². The zero-order valence-electron chi connectivity index (χ0n) is 14.1. The Morgan fingerprint density at radius 3 is 2.56 bits per heavy atom. The molecular weight excluding hydrogens is 392 g/mol. The van der Waals surface area contributed by atoms with Crippen molar-refractivity contribution >= 4 is 44.7 Å². The van der Waals surface area contributed by atoms with E-state index in [1.165, 1.54) is 40.7 Å². The molecule has 0 radical (unpaired) electrons. The van der Waals surface area contributed by atoms with E-state index in [0.29, 0.717) is 18.7 Å². The number of thiophene rings is 1. The second kappa shape index (κ2) is 7.59. The van der Waals surface area contributed by atoms with Crippen LogP contribution in [-0.2, 0) is 14.8 Å². The summed E-state index contributed by atoms with van der Waals surface area (Å²) in [7, 11) is -3.63. The van der Waals surface area contributed by atoms with Crippen LogP contribution >= 0.6 is 11.3 Å². The third-order valence-electron chi connectivity index (χ3n) is 4.13. The average Bonchev–Trinajstić information content (AvgIpc) is 3.32. The minimum Gasteiger partial charge on any atom is -0.478 e. The van der Waals surface area contributed by atoms with Gasteiger partial charge in [-0.15, -0.1) is 11.3 Å². The van der Waals surface area contributed by atoms with E-state index in [4.69, 9.17) is 0 Å². The van der Waals surface area contributed by atoms with Crippen LogP contribution in [0.15, 0.2) is 40.6 Å². The largest absolute Gasteiger partial charge is 0.478 e. The van der Waals surface area contributed by atoms with E-state index in [-0.39, 0.29) is 20.3 Å². The van der Waals surface area contributed by atoms with Crippen LogP contribution in [0.25, 0.3) is 11.6 Å². The number of hydrogen-bond acceptors (Lipinski definition) is 6. The Morgan fingerprint density at radius 2 is 1.93 bits per heavy atom. The molecule has 3 rings (SSSR count). The Bertz CT molecular complexity index is 1020. The zero-order valence-corrected chi connectivity index (χ0v) is 15.7. The Balaban J connectivity index is 1.97. The van der Waals surface area contributed by atoms with Gasteiger partial charge in [-0.1, -0.05) is 12.1 Å². The van der Waals surface area contributed by atoms with Crippen LogP contribution < -0.4 is 0 Å². The number of carboxylic acids is 1. The van der Waals surface area contributed by atoms with Crippen molar-refractivity contribution < 1.29 is 23.2 Å². The molecule has 142 valence electrons. The fraction of sp³-hybridized carbons (Fsp3) is 0.235. The monoisotopic (exact) mass is 408 g/mol. The third-order valence-corrected chi connectivity index (χ3v) is 7.61. The van der Waals surface area contributed by atoms with Gasteiger partial charge in [0.15, 0.2) is 0 Å². The van der Waals surface area contributed by atoms with E-state index in [2.05, 4.69) is 0 Å². The van der Waals surface area contributed by atoms with Crippen molar-refractivity contribution in [2.24, 2.45) is 0 Å². The lowest BCUT2D eigenvalue weighted by atomic mass is 10.1. The standard InChI is InChI=1S/C17H16N2O6S2/c20-17(21)14(11-12-4-3-5-13(10-12)19(22)23)15-6-7-16(26-15)27(24,25)18-8-1-2-9-18/h3-7,10-11H,1-2,8-9H2,(H,20,21)/b14-11-. The van der Waals surface area contributed by atoms with Crippen molar-refractivity contribution in [1.82, 2.24) is 4.31 Å². The number of hydrogen-bond donors (Lipinski definition) is 1. The van der Waals surface area contributed by atoms with Gasteiger partial charge in [0.05, 0.1) is 10.5 Å². The number of benzene rings is 1. The molecule has 1 aliphatic heterocycles. The van der Waals surface area contributed by atoms with E-state index < -0.39 is 20.9 Å². The molecule has 8 nitrogen and oxygen atoms in total. The summed E-state index contributed by atoms with van der Waals surface area (Å²) in [4.78, 5) is 22.3. The quantitative estimate of drug-likeness (QED) is 0.446. The first kappa shape index (κ1) is 19.2. The highest BCUT2D eigenvalue weighted by Crippen LogP contribution is 2.32. The molecule has 1 aliphatic rings. The van der Waals surface area contributed by atoms with Gasteiger partial charge >= 0.3 is 5.97 Å². The molecule has 0 spiro atoms. The first-order valence-corrected chi connectivity index (χ1v) is 10.3. The van der Waals surface area contributed by atoms with Crippen LogP contribution in [0, 0.1) is 10.1 Å². The molecular formula is C17H16N2O6S2. The van der Waals surface area contributed by atoms with Gasteiger partial charge < -0.3 is 5.11 Å². The van der Waals surface area contributed by atoms with Gasteiger partial charge in [0.25, 0.3) is 15.7 Å². The van der Waals surface area contributed by atoms with E-state index >= 15 is 0 Å². The first-order valence-electron chi connectivity index (χ1n) is 8.09. The molecule has 0 saturated carbocycles. The molecule has 0 unspecified atom stereocenters. The molecule has 0 bridgehead atoms. The highest BCUT2D eigenvalue weighted by molar-refractivity contribution is 7.91. The molecule has 1 aromatic carbocycles. The molecule has 1 N–H and O–H groups in total. The van der Waals surface area contributed by atoms with Crippen molar-refractivity contribution in [1.29, 1.82) is 0 Å². The van der Waals surface area contributed by atoms with Gasteiger partial charge in [-0.25, -0.2) is 13.2 Å². The number of nitrogens with zero attached hydrogens (tertiary/aromatic N) is 2.